The zero-order chi connectivity index (χ0) is 24.6. The molecule has 2 N–H and O–H groups in total. The fourth-order valence-electron chi connectivity index (χ4n) is 3.71. The molecule has 0 atom stereocenters. The minimum atomic E-state index is -0.345. The van der Waals surface area contributed by atoms with E-state index in [0.717, 1.165) is 0 Å². The molecule has 35 heavy (non-hydrogen) atoms. The van der Waals surface area contributed by atoms with Gasteiger partial charge in [0, 0.05) is 37.6 Å². The zero-order valence-electron chi connectivity index (χ0n) is 19.0. The summed E-state index contributed by atoms with van der Waals surface area (Å²) in [4.78, 5) is 28.8. The van der Waals surface area contributed by atoms with E-state index < -0.39 is 0 Å². The molecule has 2 amide bonds. The lowest BCUT2D eigenvalue weighted by atomic mass is 10.2. The van der Waals surface area contributed by atoms with Crippen LogP contribution in [0.25, 0.3) is 0 Å². The topological polar surface area (TPSA) is 73.9 Å². The van der Waals surface area contributed by atoms with Crippen molar-refractivity contribution in [3.8, 4) is 11.5 Å². The Morgan fingerprint density at radius 3 is 1.77 bits per heavy atom. The molecule has 9 heteroatoms. The van der Waals surface area contributed by atoms with Crippen LogP contribution in [0.15, 0.2) is 72.8 Å². The lowest BCUT2D eigenvalue weighted by Crippen LogP contribution is -2.50. The van der Waals surface area contributed by atoms with Crippen LogP contribution in [0.3, 0.4) is 0 Å². The van der Waals surface area contributed by atoms with Crippen LogP contribution in [0.5, 0.6) is 11.5 Å². The predicted octanol–water partition coefficient (Wildman–Crippen LogP) is 4.47. The number of hydrogen-bond donors (Lipinski definition) is 2. The second-order valence-electron chi connectivity index (χ2n) is 8.21. The van der Waals surface area contributed by atoms with Crippen LogP contribution in [-0.2, 0) is 9.59 Å². The van der Waals surface area contributed by atoms with Crippen LogP contribution < -0.4 is 15.4 Å². The maximum absolute atomic E-state index is 13.0. The van der Waals surface area contributed by atoms with Gasteiger partial charge in [0.25, 0.3) is 0 Å². The number of rotatable bonds is 8. The SMILES string of the molecule is O=C(CN1CCN(CC(=O)Nc2ccc(Oc3ccccc3Cl)cc2)CC1)Nc1ccc(F)cc1. The molecule has 4 rings (SSSR count). The van der Waals surface area contributed by atoms with Crippen LogP contribution >= 0.6 is 11.6 Å². The van der Waals surface area contributed by atoms with Gasteiger partial charge in [0.15, 0.2) is 0 Å². The number of halogens is 2. The molecule has 3 aromatic rings. The Labute approximate surface area is 208 Å². The number of nitrogens with one attached hydrogen (secondary N) is 2. The third-order valence-corrected chi connectivity index (χ3v) is 5.84. The molecule has 0 aliphatic carbocycles. The first-order valence-corrected chi connectivity index (χ1v) is 11.6. The fraction of sp³-hybridized carbons (Fsp3) is 0.231. The zero-order valence-corrected chi connectivity index (χ0v) is 19.8. The second kappa shape index (κ2) is 11.8. The average molecular weight is 497 g/mol. The Balaban J connectivity index is 1.17. The summed E-state index contributed by atoms with van der Waals surface area (Å²) in [7, 11) is 0. The van der Waals surface area contributed by atoms with Crippen molar-refractivity contribution >= 4 is 34.8 Å². The lowest BCUT2D eigenvalue weighted by molar-refractivity contribution is -0.120. The Kier molecular flexibility index (Phi) is 8.31. The maximum atomic E-state index is 13.0. The molecule has 1 aliphatic heterocycles. The average Bonchev–Trinajstić information content (AvgIpc) is 2.84. The normalized spacial score (nSPS) is 14.3. The Bertz CT molecular complexity index is 1150. The summed E-state index contributed by atoms with van der Waals surface area (Å²) >= 11 is 6.12. The summed E-state index contributed by atoms with van der Waals surface area (Å²) in [6.45, 7) is 3.24. The Morgan fingerprint density at radius 1 is 0.771 bits per heavy atom. The first-order chi connectivity index (χ1) is 16.9. The van der Waals surface area contributed by atoms with Gasteiger partial charge in [-0.25, -0.2) is 4.39 Å². The van der Waals surface area contributed by atoms with E-state index in [9.17, 15) is 14.0 Å². The highest BCUT2D eigenvalue weighted by Crippen LogP contribution is 2.29. The molecule has 0 spiro atoms. The standard InChI is InChI=1S/C26H26ClFN4O3/c27-23-3-1-2-4-24(23)35-22-11-9-21(10-12-22)30-26(34)18-32-15-13-31(14-16-32)17-25(33)29-20-7-5-19(28)6-8-20/h1-12H,13-18H2,(H,29,33)(H,30,34). The van der Waals surface area contributed by atoms with Crippen LogP contribution in [0.1, 0.15) is 0 Å². The molecule has 182 valence electrons. The van der Waals surface area contributed by atoms with Crippen molar-refractivity contribution in [3.63, 3.8) is 0 Å². The summed E-state index contributed by atoms with van der Waals surface area (Å²) < 4.78 is 18.7. The molecule has 1 aliphatic rings. The molecule has 7 nitrogen and oxygen atoms in total. The summed E-state index contributed by atoms with van der Waals surface area (Å²) in [5, 5.41) is 6.19. The van der Waals surface area contributed by atoms with Crippen LogP contribution in [-0.4, -0.2) is 60.9 Å². The van der Waals surface area contributed by atoms with E-state index in [-0.39, 0.29) is 30.7 Å². The second-order valence-corrected chi connectivity index (χ2v) is 8.62. The smallest absolute Gasteiger partial charge is 0.238 e. The van der Waals surface area contributed by atoms with Crippen LogP contribution in [0, 0.1) is 5.82 Å². The van der Waals surface area contributed by atoms with Gasteiger partial charge in [0.05, 0.1) is 18.1 Å². The molecular weight excluding hydrogens is 471 g/mol. The number of benzene rings is 3. The van der Waals surface area contributed by atoms with Crippen molar-refractivity contribution in [1.29, 1.82) is 0 Å². The molecule has 1 heterocycles. The Morgan fingerprint density at radius 2 is 1.26 bits per heavy atom. The molecule has 1 fully saturated rings. The quantitative estimate of drug-likeness (QED) is 0.481. The first kappa shape index (κ1) is 24.7. The van der Waals surface area contributed by atoms with Gasteiger partial charge < -0.3 is 15.4 Å². The molecule has 0 aromatic heterocycles. The highest BCUT2D eigenvalue weighted by Gasteiger charge is 2.20. The van der Waals surface area contributed by atoms with Crippen molar-refractivity contribution in [1.82, 2.24) is 9.80 Å². The van der Waals surface area contributed by atoms with Gasteiger partial charge in [-0.2, -0.15) is 0 Å². The monoisotopic (exact) mass is 496 g/mol. The van der Waals surface area contributed by atoms with Gasteiger partial charge in [-0.3, -0.25) is 19.4 Å². The van der Waals surface area contributed by atoms with E-state index in [1.165, 1.54) is 24.3 Å². The van der Waals surface area contributed by atoms with Crippen molar-refractivity contribution in [3.05, 3.63) is 83.6 Å². The van der Waals surface area contributed by atoms with Gasteiger partial charge in [-0.15, -0.1) is 0 Å². The fourth-order valence-corrected chi connectivity index (χ4v) is 3.88. The minimum Gasteiger partial charge on any atom is -0.456 e. The summed E-state index contributed by atoms with van der Waals surface area (Å²) in [5.74, 6) is 0.591. The van der Waals surface area contributed by atoms with E-state index in [1.54, 1.807) is 36.4 Å². The molecule has 0 unspecified atom stereocenters. The number of carbonyl (C=O) groups is 2. The van der Waals surface area contributed by atoms with E-state index in [2.05, 4.69) is 15.5 Å². The van der Waals surface area contributed by atoms with E-state index >= 15 is 0 Å². The van der Waals surface area contributed by atoms with Gasteiger partial charge in [0.1, 0.15) is 17.3 Å². The lowest BCUT2D eigenvalue weighted by Gasteiger charge is -2.33. The highest BCUT2D eigenvalue weighted by atomic mass is 35.5. The van der Waals surface area contributed by atoms with Gasteiger partial charge >= 0.3 is 0 Å². The van der Waals surface area contributed by atoms with E-state index in [1.807, 2.05) is 17.0 Å². The number of piperazine rings is 1. The largest absolute Gasteiger partial charge is 0.456 e. The number of ether oxygens (including phenoxy) is 1. The van der Waals surface area contributed by atoms with Crippen molar-refractivity contribution in [2.75, 3.05) is 49.9 Å². The summed E-state index contributed by atoms with van der Waals surface area (Å²) in [6.07, 6.45) is 0. The van der Waals surface area contributed by atoms with Gasteiger partial charge in [-0.05, 0) is 60.7 Å². The Hall–Kier alpha value is -3.46. The molecule has 0 radical (unpaired) electrons. The number of para-hydroxylation sites is 1. The van der Waals surface area contributed by atoms with Crippen molar-refractivity contribution in [2.45, 2.75) is 0 Å². The van der Waals surface area contributed by atoms with Crippen LogP contribution in [0.2, 0.25) is 5.02 Å². The van der Waals surface area contributed by atoms with E-state index in [4.69, 9.17) is 16.3 Å². The summed E-state index contributed by atoms with van der Waals surface area (Å²) in [5.41, 5.74) is 1.24. The number of carbonyl (C=O) groups excluding carboxylic acids is 2. The maximum Gasteiger partial charge on any atom is 0.238 e. The third kappa shape index (κ3) is 7.51. The minimum absolute atomic E-state index is 0.104. The third-order valence-electron chi connectivity index (χ3n) is 5.53. The molecule has 1 saturated heterocycles. The first-order valence-electron chi connectivity index (χ1n) is 11.3. The highest BCUT2D eigenvalue weighted by molar-refractivity contribution is 6.32. The summed E-state index contributed by atoms with van der Waals surface area (Å²) in [6, 6.07) is 20.0. The van der Waals surface area contributed by atoms with Crippen molar-refractivity contribution < 1.29 is 18.7 Å². The van der Waals surface area contributed by atoms with Gasteiger partial charge in [0.2, 0.25) is 11.8 Å². The predicted molar refractivity (Wildman–Crippen MR) is 135 cm³/mol. The van der Waals surface area contributed by atoms with E-state index in [0.29, 0.717) is 54.1 Å². The number of nitrogens with zero attached hydrogens (tertiary/aromatic N) is 2. The molecule has 0 saturated carbocycles. The van der Waals surface area contributed by atoms with Gasteiger partial charge in [-0.1, -0.05) is 23.7 Å². The molecule has 0 bridgehead atoms. The van der Waals surface area contributed by atoms with Crippen LogP contribution in [0.4, 0.5) is 15.8 Å². The van der Waals surface area contributed by atoms with Crippen molar-refractivity contribution in [2.24, 2.45) is 0 Å². The number of hydrogen-bond acceptors (Lipinski definition) is 5. The number of anilines is 2. The number of amides is 2. The molecular formula is C26H26ClFN4O3. The molecule has 3 aromatic carbocycles.